The Kier molecular flexibility index (Phi) is 5.77. The lowest BCUT2D eigenvalue weighted by Crippen LogP contribution is -2.59. The van der Waals surface area contributed by atoms with Gasteiger partial charge in [-0.2, -0.15) is 0 Å². The molecule has 1 saturated carbocycles. The molecule has 2 rings (SSSR count). The van der Waals surface area contributed by atoms with Crippen molar-refractivity contribution in [3.05, 3.63) is 0 Å². The van der Waals surface area contributed by atoms with Crippen molar-refractivity contribution >= 4 is 0 Å². The highest BCUT2D eigenvalue weighted by Gasteiger charge is 2.55. The number of hydrogen-bond acceptors (Lipinski definition) is 1. The lowest BCUT2D eigenvalue weighted by molar-refractivity contribution is -0.224. The quantitative estimate of drug-likeness (QED) is 0.449. The monoisotopic (exact) mass is 338 g/mol. The van der Waals surface area contributed by atoms with Crippen molar-refractivity contribution in [1.82, 2.24) is 0 Å². The van der Waals surface area contributed by atoms with Gasteiger partial charge >= 0.3 is 0 Å². The van der Waals surface area contributed by atoms with Crippen LogP contribution in [0.15, 0.2) is 0 Å². The van der Waals surface area contributed by atoms with Gasteiger partial charge in [0.1, 0.15) is 0 Å². The molecule has 0 unspecified atom stereocenters. The molecule has 1 aliphatic carbocycles. The van der Waals surface area contributed by atoms with Crippen LogP contribution in [0.5, 0.6) is 0 Å². The molecular weight excluding hydrogens is 292 g/mol. The molecule has 0 aromatic rings. The fourth-order valence-electron chi connectivity index (χ4n) is 5.45. The summed E-state index contributed by atoms with van der Waals surface area (Å²) in [7, 11) is 0. The first-order valence-electron chi connectivity index (χ1n) is 9.99. The van der Waals surface area contributed by atoms with Gasteiger partial charge < -0.3 is 4.74 Å². The highest BCUT2D eigenvalue weighted by atomic mass is 16.5. The largest absolute Gasteiger partial charge is 0.380 e. The van der Waals surface area contributed by atoms with Gasteiger partial charge in [-0.3, -0.25) is 0 Å². The van der Waals surface area contributed by atoms with Crippen LogP contribution < -0.4 is 0 Å². The molecule has 2 aliphatic rings. The Morgan fingerprint density at radius 3 is 0.792 bits per heavy atom. The van der Waals surface area contributed by atoms with E-state index in [2.05, 4.69) is 83.1 Å². The Hall–Kier alpha value is -0.0400. The second-order valence-corrected chi connectivity index (χ2v) is 12.5. The fraction of sp³-hybridized carbons (Fsp3) is 1.00. The molecule has 1 heterocycles. The van der Waals surface area contributed by atoms with Crippen LogP contribution in [-0.2, 0) is 4.74 Å². The molecule has 0 spiro atoms. The molecule has 0 amide bonds. The molecule has 0 aromatic heterocycles. The molecule has 0 bridgehead atoms. The van der Waals surface area contributed by atoms with Crippen LogP contribution >= 0.6 is 0 Å². The summed E-state index contributed by atoms with van der Waals surface area (Å²) in [6, 6.07) is 0. The van der Waals surface area contributed by atoms with E-state index in [1.54, 1.807) is 0 Å². The predicted octanol–water partition coefficient (Wildman–Crippen LogP) is 7.34. The smallest absolute Gasteiger partial charge is 0.0554 e. The topological polar surface area (TPSA) is 9.23 Å². The lowest BCUT2D eigenvalue weighted by Gasteiger charge is -2.60. The molecular formula is C23H46O. The first-order valence-corrected chi connectivity index (χ1v) is 9.99. The summed E-state index contributed by atoms with van der Waals surface area (Å²) in [5.41, 5.74) is 2.62. The van der Waals surface area contributed by atoms with Gasteiger partial charge in [0.2, 0.25) is 0 Å². The van der Waals surface area contributed by atoms with E-state index in [4.69, 9.17) is 4.74 Å². The number of ether oxygens (including phenoxy) is 1. The van der Waals surface area contributed by atoms with E-state index in [9.17, 15) is 0 Å². The fourth-order valence-corrected chi connectivity index (χ4v) is 5.45. The third kappa shape index (κ3) is 3.57. The molecule has 0 aromatic carbocycles. The zero-order valence-electron chi connectivity index (χ0n) is 18.9. The third-order valence-corrected chi connectivity index (χ3v) is 7.65. The Balaban J connectivity index is 0.000000240. The van der Waals surface area contributed by atoms with Crippen LogP contribution in [0.2, 0.25) is 0 Å². The van der Waals surface area contributed by atoms with Crippen LogP contribution in [0.25, 0.3) is 0 Å². The normalized spacial score (nSPS) is 23.5. The molecule has 0 N–H and O–H groups in total. The maximum Gasteiger partial charge on any atom is 0.0554 e. The van der Waals surface area contributed by atoms with Crippen molar-refractivity contribution in [2.75, 3.05) is 13.2 Å². The highest BCUT2D eigenvalue weighted by Crippen LogP contribution is 2.63. The molecule has 2 fully saturated rings. The molecule has 0 radical (unpaired) electrons. The SMILES string of the molecule is CC(C)(C)C1(C(C)(C)C)CCC1.CC(C)(C)C1(C(C)(C)C)COC1. The molecule has 1 nitrogen and oxygen atoms in total. The molecule has 24 heavy (non-hydrogen) atoms. The van der Waals surface area contributed by atoms with Gasteiger partial charge in [0.15, 0.2) is 0 Å². The summed E-state index contributed by atoms with van der Waals surface area (Å²) >= 11 is 0. The van der Waals surface area contributed by atoms with Crippen molar-refractivity contribution in [1.29, 1.82) is 0 Å². The number of hydrogen-bond donors (Lipinski definition) is 0. The minimum atomic E-state index is 0.351. The molecule has 0 atom stereocenters. The standard InChI is InChI=1S/C12H24.C11H22O/c1-10(2,3)12(8-7-9-12)11(4,5)6;1-9(2,3)11(7-12-8-11)10(4,5)6/h7-9H2,1-6H3;7-8H2,1-6H3. The molecule has 144 valence electrons. The van der Waals surface area contributed by atoms with Crippen LogP contribution in [0.3, 0.4) is 0 Å². The predicted molar refractivity (Wildman–Crippen MR) is 107 cm³/mol. The number of rotatable bonds is 0. The van der Waals surface area contributed by atoms with E-state index in [1.807, 2.05) is 0 Å². The Morgan fingerprint density at radius 1 is 0.500 bits per heavy atom. The molecule has 1 heteroatoms. The first kappa shape index (κ1) is 22.0. The van der Waals surface area contributed by atoms with Gasteiger partial charge in [-0.15, -0.1) is 0 Å². The van der Waals surface area contributed by atoms with Crippen molar-refractivity contribution in [2.24, 2.45) is 32.5 Å². The van der Waals surface area contributed by atoms with E-state index in [0.29, 0.717) is 32.5 Å². The maximum absolute atomic E-state index is 5.39. The minimum absolute atomic E-state index is 0.351. The summed E-state index contributed by atoms with van der Waals surface area (Å²) in [6.45, 7) is 30.2. The first-order chi connectivity index (χ1) is 10.4. The van der Waals surface area contributed by atoms with E-state index in [1.165, 1.54) is 19.3 Å². The molecule has 1 saturated heterocycles. The van der Waals surface area contributed by atoms with Crippen LogP contribution in [0.4, 0.5) is 0 Å². The van der Waals surface area contributed by atoms with Crippen molar-refractivity contribution in [2.45, 2.75) is 102 Å². The van der Waals surface area contributed by atoms with Crippen molar-refractivity contribution in [3.8, 4) is 0 Å². The van der Waals surface area contributed by atoms with Gasteiger partial charge in [-0.1, -0.05) is 89.5 Å². The summed E-state index contributed by atoms with van der Waals surface area (Å²) in [4.78, 5) is 0. The summed E-state index contributed by atoms with van der Waals surface area (Å²) < 4.78 is 5.39. The molecule has 1 aliphatic heterocycles. The lowest BCUT2D eigenvalue weighted by atomic mass is 9.45. The Bertz CT molecular complexity index is 335. The van der Waals surface area contributed by atoms with E-state index >= 15 is 0 Å². The Labute approximate surface area is 153 Å². The van der Waals surface area contributed by atoms with Gasteiger partial charge in [-0.25, -0.2) is 0 Å². The van der Waals surface area contributed by atoms with Crippen molar-refractivity contribution < 1.29 is 4.74 Å². The van der Waals surface area contributed by atoms with E-state index < -0.39 is 0 Å². The van der Waals surface area contributed by atoms with E-state index in [-0.39, 0.29) is 0 Å². The maximum atomic E-state index is 5.39. The van der Waals surface area contributed by atoms with Crippen LogP contribution in [-0.4, -0.2) is 13.2 Å². The Morgan fingerprint density at radius 2 is 0.792 bits per heavy atom. The zero-order valence-corrected chi connectivity index (χ0v) is 18.9. The minimum Gasteiger partial charge on any atom is -0.380 e. The van der Waals surface area contributed by atoms with Crippen LogP contribution in [0, 0.1) is 32.5 Å². The summed E-state index contributed by atoms with van der Waals surface area (Å²) in [5, 5.41) is 0. The summed E-state index contributed by atoms with van der Waals surface area (Å²) in [6.07, 6.45) is 4.30. The highest BCUT2D eigenvalue weighted by molar-refractivity contribution is 5.04. The zero-order chi connectivity index (χ0) is 19.2. The van der Waals surface area contributed by atoms with Gasteiger partial charge in [0.25, 0.3) is 0 Å². The second kappa shape index (κ2) is 6.29. The third-order valence-electron chi connectivity index (χ3n) is 7.65. The summed E-state index contributed by atoms with van der Waals surface area (Å²) in [5.74, 6) is 0. The van der Waals surface area contributed by atoms with Gasteiger partial charge in [0, 0.05) is 5.41 Å². The second-order valence-electron chi connectivity index (χ2n) is 12.5. The van der Waals surface area contributed by atoms with E-state index in [0.717, 1.165) is 13.2 Å². The van der Waals surface area contributed by atoms with Crippen molar-refractivity contribution in [3.63, 3.8) is 0 Å². The van der Waals surface area contributed by atoms with Gasteiger partial charge in [-0.05, 0) is 39.9 Å². The average molecular weight is 339 g/mol. The van der Waals surface area contributed by atoms with Crippen LogP contribution in [0.1, 0.15) is 102 Å². The van der Waals surface area contributed by atoms with Gasteiger partial charge in [0.05, 0.1) is 13.2 Å². The average Bonchev–Trinajstić information content (AvgIpc) is 2.00.